The van der Waals surface area contributed by atoms with Gasteiger partial charge < -0.3 is 9.47 Å². The van der Waals surface area contributed by atoms with Gasteiger partial charge in [0.1, 0.15) is 5.75 Å². The van der Waals surface area contributed by atoms with E-state index in [4.69, 9.17) is 9.47 Å². The molecule has 0 unspecified atom stereocenters. The topological polar surface area (TPSA) is 47.9 Å². The summed E-state index contributed by atoms with van der Waals surface area (Å²) in [5.41, 5.74) is -0.785. The summed E-state index contributed by atoms with van der Waals surface area (Å²) in [7, 11) is 1.45. The Hall–Kier alpha value is -3.09. The molecule has 25 heavy (non-hydrogen) atoms. The second-order valence-corrected chi connectivity index (χ2v) is 5.12. The Labute approximate surface area is 141 Å². The number of hydrogen-bond acceptors (Lipinski definition) is 4. The highest BCUT2D eigenvalue weighted by Gasteiger charge is 2.33. The number of carbonyl (C=O) groups excluding carboxylic acids is 1. The van der Waals surface area contributed by atoms with E-state index in [0.717, 1.165) is 12.1 Å². The second kappa shape index (κ2) is 6.43. The van der Waals surface area contributed by atoms with Gasteiger partial charge in [0.2, 0.25) is 5.90 Å². The van der Waals surface area contributed by atoms with Crippen molar-refractivity contribution in [2.75, 3.05) is 7.11 Å². The van der Waals surface area contributed by atoms with Crippen molar-refractivity contribution >= 4 is 17.9 Å². The Bertz CT molecular complexity index is 885. The predicted octanol–water partition coefficient (Wildman–Crippen LogP) is 4.06. The van der Waals surface area contributed by atoms with Crippen LogP contribution in [0.3, 0.4) is 0 Å². The lowest BCUT2D eigenvalue weighted by Gasteiger charge is -2.09. The molecule has 7 heteroatoms. The number of methoxy groups -OCH3 is 1. The van der Waals surface area contributed by atoms with E-state index in [1.807, 2.05) is 0 Å². The van der Waals surface area contributed by atoms with Crippen LogP contribution >= 0.6 is 0 Å². The Morgan fingerprint density at radius 3 is 2.48 bits per heavy atom. The second-order valence-electron chi connectivity index (χ2n) is 5.12. The number of benzene rings is 2. The smallest absolute Gasteiger partial charge is 0.416 e. The van der Waals surface area contributed by atoms with Crippen LogP contribution in [-0.4, -0.2) is 19.0 Å². The largest absolute Gasteiger partial charge is 0.496 e. The van der Waals surface area contributed by atoms with Crippen molar-refractivity contribution in [3.05, 3.63) is 70.9 Å². The van der Waals surface area contributed by atoms with Gasteiger partial charge in [-0.2, -0.15) is 13.2 Å². The third kappa shape index (κ3) is 3.40. The van der Waals surface area contributed by atoms with E-state index in [9.17, 15) is 18.0 Å². The van der Waals surface area contributed by atoms with Gasteiger partial charge >= 0.3 is 12.1 Å². The standard InChI is InChI=1S/C18H12F3NO3/c1-24-15-9-5-3-7-12(15)16-22-14(17(23)25-16)10-11-6-2-4-8-13(11)18(19,20)21/h2-10H,1H3/b14-10+. The third-order valence-corrected chi connectivity index (χ3v) is 3.52. The fraction of sp³-hybridized carbons (Fsp3) is 0.111. The predicted molar refractivity (Wildman–Crippen MR) is 85.0 cm³/mol. The highest BCUT2D eigenvalue weighted by atomic mass is 19.4. The van der Waals surface area contributed by atoms with Crippen molar-refractivity contribution in [1.82, 2.24) is 0 Å². The van der Waals surface area contributed by atoms with Crippen LogP contribution in [0.15, 0.2) is 59.2 Å². The molecule has 0 fully saturated rings. The van der Waals surface area contributed by atoms with Crippen LogP contribution in [0.5, 0.6) is 5.75 Å². The quantitative estimate of drug-likeness (QED) is 0.621. The number of carbonyl (C=O) groups is 1. The van der Waals surface area contributed by atoms with Gasteiger partial charge in [-0.15, -0.1) is 0 Å². The number of nitrogens with zero attached hydrogens (tertiary/aromatic N) is 1. The molecule has 3 rings (SSSR count). The molecule has 2 aromatic carbocycles. The molecule has 0 saturated heterocycles. The Morgan fingerprint density at radius 1 is 1.08 bits per heavy atom. The molecule has 1 heterocycles. The van der Waals surface area contributed by atoms with Gasteiger partial charge in [-0.1, -0.05) is 30.3 Å². The molecule has 1 aliphatic rings. The van der Waals surface area contributed by atoms with Gasteiger partial charge in [0.25, 0.3) is 0 Å². The summed E-state index contributed by atoms with van der Waals surface area (Å²) < 4.78 is 49.4. The van der Waals surface area contributed by atoms with Crippen LogP contribution in [0, 0.1) is 0 Å². The lowest BCUT2D eigenvalue weighted by molar-refractivity contribution is -0.137. The molecule has 1 aliphatic heterocycles. The van der Waals surface area contributed by atoms with Gasteiger partial charge in [0, 0.05) is 0 Å². The fourth-order valence-corrected chi connectivity index (χ4v) is 2.37. The minimum absolute atomic E-state index is 0.0156. The van der Waals surface area contributed by atoms with Gasteiger partial charge in [-0.25, -0.2) is 9.79 Å². The minimum atomic E-state index is -4.54. The highest BCUT2D eigenvalue weighted by Crippen LogP contribution is 2.33. The van der Waals surface area contributed by atoms with Crippen LogP contribution in [0.2, 0.25) is 0 Å². The van der Waals surface area contributed by atoms with Crippen LogP contribution in [0.25, 0.3) is 6.08 Å². The number of cyclic esters (lactones) is 1. The van der Waals surface area contributed by atoms with E-state index in [1.165, 1.54) is 25.3 Å². The zero-order valence-electron chi connectivity index (χ0n) is 13.0. The molecule has 0 amide bonds. The molecule has 0 spiro atoms. The number of rotatable bonds is 3. The van der Waals surface area contributed by atoms with Gasteiger partial charge in [0.05, 0.1) is 18.2 Å². The molecular weight excluding hydrogens is 335 g/mol. The van der Waals surface area contributed by atoms with Crippen molar-refractivity contribution < 1.29 is 27.4 Å². The zero-order valence-corrected chi connectivity index (χ0v) is 13.0. The van der Waals surface area contributed by atoms with Crippen LogP contribution < -0.4 is 4.74 Å². The number of alkyl halides is 3. The van der Waals surface area contributed by atoms with Crippen LogP contribution in [0.1, 0.15) is 16.7 Å². The molecule has 0 atom stereocenters. The average Bonchev–Trinajstić information content (AvgIpc) is 2.95. The highest BCUT2D eigenvalue weighted by molar-refractivity contribution is 6.13. The first-order valence-electron chi connectivity index (χ1n) is 7.22. The Morgan fingerprint density at radius 2 is 1.76 bits per heavy atom. The Kier molecular flexibility index (Phi) is 4.31. The normalized spacial score (nSPS) is 15.9. The average molecular weight is 347 g/mol. The summed E-state index contributed by atoms with van der Waals surface area (Å²) in [5.74, 6) is -0.401. The third-order valence-electron chi connectivity index (χ3n) is 3.52. The zero-order chi connectivity index (χ0) is 18.0. The molecule has 4 nitrogen and oxygen atoms in total. The molecule has 0 aromatic heterocycles. The number of ether oxygens (including phenoxy) is 2. The summed E-state index contributed by atoms with van der Waals surface area (Å²) in [4.78, 5) is 16.0. The van der Waals surface area contributed by atoms with Crippen molar-refractivity contribution in [2.24, 2.45) is 4.99 Å². The van der Waals surface area contributed by atoms with E-state index in [1.54, 1.807) is 24.3 Å². The summed E-state index contributed by atoms with van der Waals surface area (Å²) >= 11 is 0. The van der Waals surface area contributed by atoms with E-state index in [-0.39, 0.29) is 17.2 Å². The molecular formula is C18H12F3NO3. The van der Waals surface area contributed by atoms with Gasteiger partial charge in [-0.3, -0.25) is 0 Å². The summed E-state index contributed by atoms with van der Waals surface area (Å²) in [6, 6.07) is 11.7. The molecule has 0 N–H and O–H groups in total. The molecule has 2 aromatic rings. The lowest BCUT2D eigenvalue weighted by atomic mass is 10.1. The van der Waals surface area contributed by atoms with E-state index in [0.29, 0.717) is 11.3 Å². The van der Waals surface area contributed by atoms with Crippen molar-refractivity contribution in [3.63, 3.8) is 0 Å². The summed E-state index contributed by atoms with van der Waals surface area (Å²) in [6.07, 6.45) is -3.47. The van der Waals surface area contributed by atoms with Crippen molar-refractivity contribution in [2.45, 2.75) is 6.18 Å². The number of para-hydroxylation sites is 1. The summed E-state index contributed by atoms with van der Waals surface area (Å²) in [5, 5.41) is 0. The maximum Gasteiger partial charge on any atom is 0.416 e. The molecule has 128 valence electrons. The lowest BCUT2D eigenvalue weighted by Crippen LogP contribution is -2.08. The van der Waals surface area contributed by atoms with Crippen molar-refractivity contribution in [1.29, 1.82) is 0 Å². The molecule has 0 saturated carbocycles. The number of esters is 1. The molecule has 0 bridgehead atoms. The monoisotopic (exact) mass is 347 g/mol. The first kappa shape index (κ1) is 16.8. The van der Waals surface area contributed by atoms with E-state index >= 15 is 0 Å². The van der Waals surface area contributed by atoms with Crippen molar-refractivity contribution in [3.8, 4) is 5.75 Å². The van der Waals surface area contributed by atoms with E-state index < -0.39 is 17.7 Å². The Balaban J connectivity index is 2.03. The maximum atomic E-state index is 13.1. The first-order valence-corrected chi connectivity index (χ1v) is 7.22. The first-order chi connectivity index (χ1) is 11.9. The fourth-order valence-electron chi connectivity index (χ4n) is 2.37. The van der Waals surface area contributed by atoms with Crippen LogP contribution in [0.4, 0.5) is 13.2 Å². The molecule has 0 aliphatic carbocycles. The summed E-state index contributed by atoms with van der Waals surface area (Å²) in [6.45, 7) is 0. The number of halogens is 3. The number of hydrogen-bond donors (Lipinski definition) is 0. The number of aliphatic imine (C=N–C) groups is 1. The minimum Gasteiger partial charge on any atom is -0.496 e. The van der Waals surface area contributed by atoms with Gasteiger partial charge in [-0.05, 0) is 29.8 Å². The maximum absolute atomic E-state index is 13.1. The van der Waals surface area contributed by atoms with Crippen LogP contribution in [-0.2, 0) is 15.7 Å². The molecule has 0 radical (unpaired) electrons. The van der Waals surface area contributed by atoms with Gasteiger partial charge in [0.15, 0.2) is 5.70 Å². The van der Waals surface area contributed by atoms with E-state index in [2.05, 4.69) is 4.99 Å². The SMILES string of the molecule is COc1ccccc1C1=N/C(=C/c2ccccc2C(F)(F)F)C(=O)O1.